The minimum absolute atomic E-state index is 0.143. The number of hydrogen-bond acceptors (Lipinski definition) is 3. The van der Waals surface area contributed by atoms with Gasteiger partial charge in [-0.05, 0) is 47.5 Å². The molecule has 0 saturated heterocycles. The zero-order chi connectivity index (χ0) is 21.3. The minimum atomic E-state index is -0.285. The Morgan fingerprint density at radius 3 is 2.17 bits per heavy atom. The molecule has 3 rings (SSSR count). The Labute approximate surface area is 184 Å². The molecule has 0 radical (unpaired) electrons. The van der Waals surface area contributed by atoms with E-state index in [4.69, 9.17) is 4.74 Å². The molecule has 3 aromatic rings. The van der Waals surface area contributed by atoms with E-state index in [1.807, 2.05) is 54.6 Å². The average molecular weight is 467 g/mol. The summed E-state index contributed by atoms with van der Waals surface area (Å²) in [6.45, 7) is 0.255. The Kier molecular flexibility index (Phi) is 7.63. The second kappa shape index (κ2) is 10.6. The summed E-state index contributed by atoms with van der Waals surface area (Å²) in [5.74, 6) is 0.411. The number of hydrogen-bond donors (Lipinski definition) is 2. The Balaban J connectivity index is 1.61. The highest BCUT2D eigenvalue weighted by molar-refractivity contribution is 9.10. The summed E-state index contributed by atoms with van der Waals surface area (Å²) >= 11 is 3.34. The first-order chi connectivity index (χ1) is 14.6. The summed E-state index contributed by atoms with van der Waals surface area (Å²) in [5.41, 5.74) is 2.49. The molecule has 0 heterocycles. The fourth-order valence-corrected chi connectivity index (χ4v) is 3.29. The van der Waals surface area contributed by atoms with Crippen LogP contribution in [0.4, 0.5) is 0 Å². The molecule has 154 valence electrons. The molecule has 30 heavy (non-hydrogen) atoms. The number of ether oxygens (including phenoxy) is 1. The molecule has 0 bridgehead atoms. The number of rotatable bonds is 8. The van der Waals surface area contributed by atoms with Gasteiger partial charge in [-0.3, -0.25) is 9.59 Å². The highest BCUT2D eigenvalue weighted by atomic mass is 79.9. The summed E-state index contributed by atoms with van der Waals surface area (Å²) in [6.07, 6.45) is 0.182. The largest absolute Gasteiger partial charge is 0.497 e. The first kappa shape index (κ1) is 21.6. The van der Waals surface area contributed by atoms with Crippen LogP contribution in [0.3, 0.4) is 0 Å². The van der Waals surface area contributed by atoms with Crippen LogP contribution in [0, 0.1) is 0 Å². The van der Waals surface area contributed by atoms with Crippen LogP contribution < -0.4 is 15.4 Å². The zero-order valence-corrected chi connectivity index (χ0v) is 18.2. The van der Waals surface area contributed by atoms with E-state index in [-0.39, 0.29) is 30.8 Å². The molecule has 1 atom stereocenters. The maximum atomic E-state index is 12.6. The van der Waals surface area contributed by atoms with Crippen LogP contribution in [0.25, 0.3) is 0 Å². The molecule has 2 N–H and O–H groups in total. The van der Waals surface area contributed by atoms with Gasteiger partial charge in [-0.1, -0.05) is 58.4 Å². The lowest BCUT2D eigenvalue weighted by Gasteiger charge is -2.20. The highest BCUT2D eigenvalue weighted by Crippen LogP contribution is 2.24. The molecule has 2 amide bonds. The number of carbonyl (C=O) groups is 2. The molecule has 0 aromatic heterocycles. The molecule has 0 aliphatic carbocycles. The van der Waals surface area contributed by atoms with E-state index in [1.165, 1.54) is 0 Å². The topological polar surface area (TPSA) is 67.4 Å². The van der Waals surface area contributed by atoms with Crippen LogP contribution in [0.15, 0.2) is 83.3 Å². The van der Waals surface area contributed by atoms with Crippen LogP contribution in [0.1, 0.15) is 33.9 Å². The van der Waals surface area contributed by atoms with Gasteiger partial charge >= 0.3 is 0 Å². The minimum Gasteiger partial charge on any atom is -0.497 e. The van der Waals surface area contributed by atoms with Crippen molar-refractivity contribution in [3.05, 3.63) is 100 Å². The average Bonchev–Trinajstić information content (AvgIpc) is 2.78. The molecule has 0 spiro atoms. The molecule has 6 heteroatoms. The van der Waals surface area contributed by atoms with E-state index in [0.29, 0.717) is 5.56 Å². The van der Waals surface area contributed by atoms with Gasteiger partial charge in [0.05, 0.1) is 13.2 Å². The molecule has 0 saturated carbocycles. The maximum Gasteiger partial charge on any atom is 0.251 e. The lowest BCUT2D eigenvalue weighted by molar-refractivity contribution is -0.121. The molecule has 3 aromatic carbocycles. The van der Waals surface area contributed by atoms with Gasteiger partial charge in [0, 0.05) is 23.0 Å². The van der Waals surface area contributed by atoms with E-state index < -0.39 is 0 Å². The number of benzene rings is 3. The molecule has 0 aliphatic rings. The first-order valence-electron chi connectivity index (χ1n) is 9.59. The monoisotopic (exact) mass is 466 g/mol. The molecular weight excluding hydrogens is 444 g/mol. The Morgan fingerprint density at radius 1 is 0.900 bits per heavy atom. The quantitative estimate of drug-likeness (QED) is 0.513. The normalized spacial score (nSPS) is 11.4. The number of halogens is 1. The van der Waals surface area contributed by atoms with E-state index in [1.54, 1.807) is 31.4 Å². The lowest BCUT2D eigenvalue weighted by atomic mass is 9.98. The fourth-order valence-electron chi connectivity index (χ4n) is 3.03. The number of amides is 2. The van der Waals surface area contributed by atoms with Gasteiger partial charge in [-0.25, -0.2) is 0 Å². The van der Waals surface area contributed by atoms with Gasteiger partial charge in [-0.2, -0.15) is 0 Å². The molecule has 0 fully saturated rings. The third-order valence-corrected chi connectivity index (χ3v) is 5.16. The lowest BCUT2D eigenvalue weighted by Crippen LogP contribution is -2.33. The van der Waals surface area contributed by atoms with Gasteiger partial charge < -0.3 is 15.4 Å². The summed E-state index contributed by atoms with van der Waals surface area (Å²) in [5, 5.41) is 5.86. The molecule has 5 nitrogen and oxygen atoms in total. The van der Waals surface area contributed by atoms with Crippen LogP contribution in [-0.2, 0) is 4.79 Å². The Bertz CT molecular complexity index is 974. The summed E-state index contributed by atoms with van der Waals surface area (Å²) in [6, 6.07) is 24.2. The van der Waals surface area contributed by atoms with Gasteiger partial charge in [0.2, 0.25) is 5.91 Å². The third kappa shape index (κ3) is 5.94. The number of carbonyl (C=O) groups excluding carboxylic acids is 2. The van der Waals surface area contributed by atoms with Crippen molar-refractivity contribution in [2.24, 2.45) is 0 Å². The van der Waals surface area contributed by atoms with E-state index in [2.05, 4.69) is 26.6 Å². The van der Waals surface area contributed by atoms with Crippen molar-refractivity contribution in [3.8, 4) is 5.75 Å². The standard InChI is InChI=1S/C24H23BrN2O3/c1-30-21-13-9-18(10-14-21)23(17-5-3-2-4-6-17)27-22(28)15-16-26-24(29)19-7-11-20(25)12-8-19/h2-14,23H,15-16H2,1H3,(H,26,29)(H,27,28)/t23-/m0/s1. The van der Waals surface area contributed by atoms with Crippen molar-refractivity contribution >= 4 is 27.7 Å². The Hall–Kier alpha value is -3.12. The van der Waals surface area contributed by atoms with Crippen LogP contribution in [0.5, 0.6) is 5.75 Å². The van der Waals surface area contributed by atoms with Crippen molar-refractivity contribution < 1.29 is 14.3 Å². The van der Waals surface area contributed by atoms with Crippen molar-refractivity contribution in [1.82, 2.24) is 10.6 Å². The second-order valence-electron chi connectivity index (χ2n) is 6.70. The second-order valence-corrected chi connectivity index (χ2v) is 7.61. The summed E-state index contributed by atoms with van der Waals surface area (Å²) in [7, 11) is 1.62. The first-order valence-corrected chi connectivity index (χ1v) is 10.4. The van der Waals surface area contributed by atoms with Crippen molar-refractivity contribution in [1.29, 1.82) is 0 Å². The van der Waals surface area contributed by atoms with Gasteiger partial charge in [0.15, 0.2) is 0 Å². The summed E-state index contributed by atoms with van der Waals surface area (Å²) in [4.78, 5) is 24.8. The van der Waals surface area contributed by atoms with E-state index in [9.17, 15) is 9.59 Å². The third-order valence-electron chi connectivity index (χ3n) is 4.63. The van der Waals surface area contributed by atoms with Crippen molar-refractivity contribution in [3.63, 3.8) is 0 Å². The van der Waals surface area contributed by atoms with Gasteiger partial charge in [-0.15, -0.1) is 0 Å². The van der Waals surface area contributed by atoms with Crippen molar-refractivity contribution in [2.75, 3.05) is 13.7 Å². The number of nitrogens with one attached hydrogen (secondary N) is 2. The highest BCUT2D eigenvalue weighted by Gasteiger charge is 2.17. The van der Waals surface area contributed by atoms with Gasteiger partial charge in [0.25, 0.3) is 5.91 Å². The van der Waals surface area contributed by atoms with E-state index in [0.717, 1.165) is 21.3 Å². The Morgan fingerprint density at radius 2 is 1.53 bits per heavy atom. The van der Waals surface area contributed by atoms with Crippen LogP contribution in [0.2, 0.25) is 0 Å². The SMILES string of the molecule is COc1ccc([C@@H](NC(=O)CCNC(=O)c2ccc(Br)cc2)c2ccccc2)cc1. The summed E-state index contributed by atoms with van der Waals surface area (Å²) < 4.78 is 6.13. The smallest absolute Gasteiger partial charge is 0.251 e. The van der Waals surface area contributed by atoms with Crippen molar-refractivity contribution in [2.45, 2.75) is 12.5 Å². The molecular formula is C24H23BrN2O3. The molecule has 0 aliphatic heterocycles. The maximum absolute atomic E-state index is 12.6. The molecule has 0 unspecified atom stereocenters. The van der Waals surface area contributed by atoms with E-state index >= 15 is 0 Å². The van der Waals surface area contributed by atoms with Gasteiger partial charge in [0.1, 0.15) is 5.75 Å². The predicted octanol–water partition coefficient (Wildman–Crippen LogP) is 4.48. The number of methoxy groups -OCH3 is 1. The fraction of sp³-hybridized carbons (Fsp3) is 0.167. The van der Waals surface area contributed by atoms with Crippen LogP contribution >= 0.6 is 15.9 Å². The predicted molar refractivity (Wildman–Crippen MR) is 121 cm³/mol. The van der Waals surface area contributed by atoms with Crippen LogP contribution in [-0.4, -0.2) is 25.5 Å². The zero-order valence-electron chi connectivity index (χ0n) is 16.6.